The Kier molecular flexibility index (Phi) is 7.22. The first-order chi connectivity index (χ1) is 18.0. The summed E-state index contributed by atoms with van der Waals surface area (Å²) in [6.45, 7) is 7.24. The molecule has 1 aliphatic carbocycles. The van der Waals surface area contributed by atoms with Crippen LogP contribution < -0.4 is 15.4 Å². The summed E-state index contributed by atoms with van der Waals surface area (Å²) in [6, 6.07) is 11.3. The Morgan fingerprint density at radius 1 is 1.18 bits per heavy atom. The van der Waals surface area contributed by atoms with Crippen LogP contribution in [0.1, 0.15) is 56.6 Å². The molecule has 2 aliphatic rings. The molecule has 1 spiro atoms. The molecule has 3 N–H and O–H groups in total. The summed E-state index contributed by atoms with van der Waals surface area (Å²) < 4.78 is 16.2. The Morgan fingerprint density at radius 3 is 2.61 bits per heavy atom. The number of halogens is 2. The maximum absolute atomic E-state index is 13.1. The van der Waals surface area contributed by atoms with Gasteiger partial charge in [-0.15, -0.1) is 4.72 Å². The highest BCUT2D eigenvalue weighted by molar-refractivity contribution is 7.90. The number of rotatable bonds is 4. The molecule has 2 aromatic heterocycles. The predicted molar refractivity (Wildman–Crippen MR) is 152 cm³/mol. The third kappa shape index (κ3) is 4.80. The zero-order chi connectivity index (χ0) is 27.2. The zero-order valence-corrected chi connectivity index (χ0v) is 23.8. The van der Waals surface area contributed by atoms with Gasteiger partial charge in [0.15, 0.2) is 5.69 Å². The highest BCUT2D eigenvalue weighted by Gasteiger charge is 2.51. The molecule has 1 fully saturated rings. The van der Waals surface area contributed by atoms with Crippen LogP contribution in [0.5, 0.6) is 0 Å². The van der Waals surface area contributed by atoms with E-state index < -0.39 is 11.4 Å². The number of pyridine rings is 1. The molecule has 0 radical (unpaired) electrons. The van der Waals surface area contributed by atoms with Crippen molar-refractivity contribution in [2.75, 3.05) is 23.7 Å². The van der Waals surface area contributed by atoms with Crippen LogP contribution in [0, 0.1) is 16.7 Å². The van der Waals surface area contributed by atoms with Crippen LogP contribution in [0.25, 0.3) is 11.1 Å². The lowest BCUT2D eigenvalue weighted by atomic mass is 9.73. The summed E-state index contributed by atoms with van der Waals surface area (Å²) in [4.78, 5) is 15.8. The number of aromatic nitrogens is 3. The molecular weight excluding hydrogens is 541 g/mol. The first-order valence-corrected chi connectivity index (χ1v) is 14.3. The molecule has 3 aromatic rings. The Balaban J connectivity index is 1.42. The highest BCUT2D eigenvalue weighted by Crippen LogP contribution is 2.52. The minimum absolute atomic E-state index is 0.0681. The molecule has 0 unspecified atom stereocenters. The van der Waals surface area contributed by atoms with Crippen molar-refractivity contribution in [3.63, 3.8) is 0 Å². The third-order valence-electron chi connectivity index (χ3n) is 7.44. The number of piperidine rings is 1. The number of anilines is 2. The lowest BCUT2D eigenvalue weighted by Gasteiger charge is -2.43. The number of fused-ring (bicyclic) bond motifs is 1. The van der Waals surface area contributed by atoms with E-state index in [9.17, 15) is 9.81 Å². The van der Waals surface area contributed by atoms with Gasteiger partial charge in [-0.1, -0.05) is 41.4 Å². The molecule has 3 heterocycles. The molecule has 1 aromatic carbocycles. The van der Waals surface area contributed by atoms with Gasteiger partial charge in [0.05, 0.1) is 21.7 Å². The monoisotopic (exact) mass is 569 g/mol. The average Bonchev–Trinajstić information content (AvgIpc) is 3.17. The van der Waals surface area contributed by atoms with Gasteiger partial charge in [-0.3, -0.25) is 4.98 Å². The molecule has 8 nitrogen and oxygen atoms in total. The van der Waals surface area contributed by atoms with Crippen LogP contribution in [0.3, 0.4) is 0 Å². The van der Waals surface area contributed by atoms with Crippen molar-refractivity contribution in [1.29, 1.82) is 5.26 Å². The first-order valence-electron chi connectivity index (χ1n) is 12.4. The minimum atomic E-state index is -1.23. The summed E-state index contributed by atoms with van der Waals surface area (Å²) in [6.07, 6.45) is 4.26. The standard InChI is InChI=1S/C27H29Cl2N7OS/c1-26(2,3)38(37)35-23-16-7-5-11-32-19(16)14-27(23)9-12-36(13-10-27)25-33-20(15-30)21(24(31)34-25)17-6-4-8-18(28)22(17)29/h4-8,11,23,35H,9-10,12-14H2,1-3H3,(H2,31,33,34)/t23-,38-/m1/s1. The lowest BCUT2D eigenvalue weighted by molar-refractivity contribution is 0.175. The molecule has 38 heavy (non-hydrogen) atoms. The Hall–Kier alpha value is -2.61. The second-order valence-electron chi connectivity index (χ2n) is 10.8. The second kappa shape index (κ2) is 10.2. The Morgan fingerprint density at radius 2 is 1.92 bits per heavy atom. The van der Waals surface area contributed by atoms with Crippen molar-refractivity contribution in [3.8, 4) is 17.2 Å². The van der Waals surface area contributed by atoms with E-state index in [1.54, 1.807) is 18.2 Å². The largest absolute Gasteiger partial charge is 0.598 e. The second-order valence-corrected chi connectivity index (χ2v) is 13.6. The predicted octanol–water partition coefficient (Wildman–Crippen LogP) is 5.24. The van der Waals surface area contributed by atoms with E-state index in [-0.39, 0.29) is 27.7 Å². The van der Waals surface area contributed by atoms with Crippen LogP contribution in [0.4, 0.5) is 11.8 Å². The molecule has 198 valence electrons. The molecular formula is C27H29Cl2N7OS. The van der Waals surface area contributed by atoms with Crippen molar-refractivity contribution in [1.82, 2.24) is 19.7 Å². The van der Waals surface area contributed by atoms with Crippen LogP contribution in [0.2, 0.25) is 10.0 Å². The van der Waals surface area contributed by atoms with Crippen LogP contribution >= 0.6 is 23.2 Å². The molecule has 11 heteroatoms. The fourth-order valence-electron chi connectivity index (χ4n) is 5.37. The van der Waals surface area contributed by atoms with Crippen molar-refractivity contribution < 1.29 is 4.55 Å². The van der Waals surface area contributed by atoms with E-state index >= 15 is 0 Å². The lowest BCUT2D eigenvalue weighted by Crippen LogP contribution is -2.50. The fraction of sp³-hybridized carbons (Fsp3) is 0.407. The van der Waals surface area contributed by atoms with Gasteiger partial charge in [-0.25, -0.2) is 4.98 Å². The van der Waals surface area contributed by atoms with Crippen molar-refractivity contribution in [2.24, 2.45) is 5.41 Å². The van der Waals surface area contributed by atoms with Gasteiger partial charge in [0.2, 0.25) is 5.95 Å². The van der Waals surface area contributed by atoms with E-state index in [0.717, 1.165) is 30.5 Å². The number of nitrogen functional groups attached to an aromatic ring is 1. The number of nitrogens with one attached hydrogen (secondary N) is 1. The Bertz CT molecular complexity index is 1410. The number of benzene rings is 1. The first kappa shape index (κ1) is 27.0. The molecule has 0 amide bonds. The molecule has 0 bridgehead atoms. The zero-order valence-electron chi connectivity index (χ0n) is 21.5. The summed E-state index contributed by atoms with van der Waals surface area (Å²) in [7, 11) is 0. The number of nitrogens with two attached hydrogens (primary N) is 1. The minimum Gasteiger partial charge on any atom is -0.598 e. The highest BCUT2D eigenvalue weighted by atomic mass is 35.5. The van der Waals surface area contributed by atoms with Gasteiger partial charge >= 0.3 is 0 Å². The SMILES string of the molecule is CC(C)(C)[S@@+]([O-])N[C@@H]1c2cccnc2CC12CCN(c1nc(N)c(-c3cccc(Cl)c3Cl)c(C#N)n1)CC2. The van der Waals surface area contributed by atoms with E-state index in [2.05, 4.69) is 36.7 Å². The van der Waals surface area contributed by atoms with Gasteiger partial charge in [0, 0.05) is 47.3 Å². The fourth-order valence-corrected chi connectivity index (χ4v) is 6.71. The maximum Gasteiger partial charge on any atom is 0.228 e. The molecule has 1 aliphatic heterocycles. The van der Waals surface area contributed by atoms with E-state index in [0.29, 0.717) is 40.2 Å². The van der Waals surface area contributed by atoms with E-state index in [1.807, 2.05) is 33.0 Å². The number of nitrogens with zero attached hydrogens (tertiary/aromatic N) is 5. The molecule has 1 saturated heterocycles. The van der Waals surface area contributed by atoms with E-state index in [1.165, 1.54) is 0 Å². The van der Waals surface area contributed by atoms with Crippen LogP contribution in [0.15, 0.2) is 36.5 Å². The van der Waals surface area contributed by atoms with Crippen molar-refractivity contribution >= 4 is 46.3 Å². The quantitative estimate of drug-likeness (QED) is 0.408. The average molecular weight is 571 g/mol. The number of hydrogen-bond acceptors (Lipinski definition) is 8. The summed E-state index contributed by atoms with van der Waals surface area (Å²) in [5, 5.41) is 10.6. The number of nitriles is 1. The van der Waals surface area contributed by atoms with Gasteiger partial charge < -0.3 is 15.2 Å². The van der Waals surface area contributed by atoms with E-state index in [4.69, 9.17) is 28.9 Å². The van der Waals surface area contributed by atoms with Gasteiger partial charge in [-0.2, -0.15) is 10.2 Å². The van der Waals surface area contributed by atoms with Gasteiger partial charge in [-0.05, 0) is 57.7 Å². The molecule has 5 rings (SSSR count). The summed E-state index contributed by atoms with van der Waals surface area (Å²) in [5.41, 5.74) is 9.45. The summed E-state index contributed by atoms with van der Waals surface area (Å²) >= 11 is 11.4. The van der Waals surface area contributed by atoms with Crippen molar-refractivity contribution in [2.45, 2.75) is 50.8 Å². The smallest absolute Gasteiger partial charge is 0.228 e. The maximum atomic E-state index is 13.1. The van der Waals surface area contributed by atoms with Gasteiger partial charge in [0.1, 0.15) is 16.6 Å². The summed E-state index contributed by atoms with van der Waals surface area (Å²) in [5.74, 6) is 0.584. The van der Waals surface area contributed by atoms with Crippen molar-refractivity contribution in [3.05, 3.63) is 63.5 Å². The number of hydrogen-bond donors (Lipinski definition) is 2. The van der Waals surface area contributed by atoms with Crippen LogP contribution in [-0.2, 0) is 17.8 Å². The molecule has 0 saturated carbocycles. The normalized spacial score (nSPS) is 19.3. The van der Waals surface area contributed by atoms with Gasteiger partial charge in [0.25, 0.3) is 0 Å². The third-order valence-corrected chi connectivity index (χ3v) is 9.82. The van der Waals surface area contributed by atoms with Crippen LogP contribution in [-0.4, -0.2) is 37.3 Å². The molecule has 2 atom stereocenters. The Labute approximate surface area is 235 Å². The topological polar surface area (TPSA) is 127 Å².